The number of anilines is 1. The maximum atomic E-state index is 12.3. The minimum Gasteiger partial charge on any atom is -0.375 e. The van der Waals surface area contributed by atoms with Gasteiger partial charge in [-0.15, -0.1) is 0 Å². The largest absolute Gasteiger partial charge is 0.375 e. The van der Waals surface area contributed by atoms with Crippen LogP contribution in [0.3, 0.4) is 0 Å². The molecule has 112 valence electrons. The van der Waals surface area contributed by atoms with E-state index in [0.717, 1.165) is 10.0 Å². The number of fused-ring (bicyclic) bond motifs is 1. The normalized spacial score (nSPS) is 19.6. The molecule has 5 heteroatoms. The molecule has 0 aliphatic carbocycles. The number of carbonyl (C=O) groups is 2. The summed E-state index contributed by atoms with van der Waals surface area (Å²) in [6.07, 6.45) is -0.0447. The Bertz CT molecular complexity index is 745. The SMILES string of the molecule is O=C(Cc1ccccc1)C[C@]1(O)C(=O)Nc2ccc(Br)cc21. The van der Waals surface area contributed by atoms with Crippen LogP contribution in [0, 0.1) is 0 Å². The van der Waals surface area contributed by atoms with Gasteiger partial charge in [-0.1, -0.05) is 46.3 Å². The first-order chi connectivity index (χ1) is 10.5. The van der Waals surface area contributed by atoms with Gasteiger partial charge in [-0.2, -0.15) is 0 Å². The van der Waals surface area contributed by atoms with E-state index in [1.807, 2.05) is 30.3 Å². The molecular weight excluding hydrogens is 346 g/mol. The number of rotatable bonds is 4. The highest BCUT2D eigenvalue weighted by molar-refractivity contribution is 9.10. The molecule has 2 N–H and O–H groups in total. The van der Waals surface area contributed by atoms with E-state index in [1.165, 1.54) is 0 Å². The van der Waals surface area contributed by atoms with E-state index in [9.17, 15) is 14.7 Å². The fourth-order valence-corrected chi connectivity index (χ4v) is 3.02. The van der Waals surface area contributed by atoms with Crippen molar-refractivity contribution < 1.29 is 14.7 Å². The maximum Gasteiger partial charge on any atom is 0.261 e. The molecule has 0 bridgehead atoms. The van der Waals surface area contributed by atoms with E-state index in [4.69, 9.17) is 0 Å². The molecule has 0 saturated heterocycles. The van der Waals surface area contributed by atoms with Gasteiger partial charge in [-0.3, -0.25) is 9.59 Å². The van der Waals surface area contributed by atoms with Crippen LogP contribution in [0.2, 0.25) is 0 Å². The Hall–Kier alpha value is -1.98. The van der Waals surface area contributed by atoms with Crippen molar-refractivity contribution in [1.29, 1.82) is 0 Å². The molecule has 2 aromatic rings. The van der Waals surface area contributed by atoms with E-state index in [1.54, 1.807) is 18.2 Å². The zero-order valence-corrected chi connectivity index (χ0v) is 13.3. The highest BCUT2D eigenvalue weighted by atomic mass is 79.9. The van der Waals surface area contributed by atoms with E-state index < -0.39 is 11.5 Å². The Morgan fingerprint density at radius 2 is 1.91 bits per heavy atom. The second-order valence-corrected chi connectivity index (χ2v) is 6.30. The molecule has 0 radical (unpaired) electrons. The first-order valence-corrected chi connectivity index (χ1v) is 7.68. The van der Waals surface area contributed by atoms with Crippen molar-refractivity contribution in [3.63, 3.8) is 0 Å². The lowest BCUT2D eigenvalue weighted by Gasteiger charge is -2.20. The van der Waals surface area contributed by atoms with Gasteiger partial charge >= 0.3 is 0 Å². The first kappa shape index (κ1) is 14.9. The van der Waals surface area contributed by atoms with Gasteiger partial charge in [-0.25, -0.2) is 0 Å². The number of Topliss-reactive ketones (excluding diaryl/α,β-unsaturated/α-hetero) is 1. The Balaban J connectivity index is 1.84. The molecule has 3 rings (SSSR count). The molecule has 2 aromatic carbocycles. The minimum absolute atomic E-state index is 0.184. The van der Waals surface area contributed by atoms with Gasteiger partial charge in [0.2, 0.25) is 0 Å². The summed E-state index contributed by atoms with van der Waals surface area (Å²) in [4.78, 5) is 24.4. The summed E-state index contributed by atoms with van der Waals surface area (Å²) >= 11 is 3.32. The van der Waals surface area contributed by atoms with Crippen LogP contribution in [0.15, 0.2) is 53.0 Å². The van der Waals surface area contributed by atoms with Crippen molar-refractivity contribution >= 4 is 33.3 Å². The molecule has 4 nitrogen and oxygen atoms in total. The van der Waals surface area contributed by atoms with Crippen LogP contribution in [0.25, 0.3) is 0 Å². The zero-order chi connectivity index (χ0) is 15.7. The molecule has 0 spiro atoms. The molecule has 1 aliphatic rings. The quantitative estimate of drug-likeness (QED) is 0.881. The molecule has 22 heavy (non-hydrogen) atoms. The van der Waals surface area contributed by atoms with Gasteiger partial charge < -0.3 is 10.4 Å². The van der Waals surface area contributed by atoms with Crippen molar-refractivity contribution in [3.05, 3.63) is 64.1 Å². The third kappa shape index (κ3) is 2.69. The average Bonchev–Trinajstić information content (AvgIpc) is 2.72. The van der Waals surface area contributed by atoms with Crippen LogP contribution in [0.4, 0.5) is 5.69 Å². The Morgan fingerprint density at radius 3 is 2.64 bits per heavy atom. The summed E-state index contributed by atoms with van der Waals surface area (Å²) < 4.78 is 0.747. The number of nitrogens with one attached hydrogen (secondary N) is 1. The summed E-state index contributed by atoms with van der Waals surface area (Å²) in [5, 5.41) is 13.4. The zero-order valence-electron chi connectivity index (χ0n) is 11.7. The number of benzene rings is 2. The van der Waals surface area contributed by atoms with E-state index >= 15 is 0 Å². The van der Waals surface area contributed by atoms with Crippen LogP contribution in [-0.2, 0) is 21.6 Å². The summed E-state index contributed by atoms with van der Waals surface area (Å²) in [6.45, 7) is 0. The van der Waals surface area contributed by atoms with E-state index in [2.05, 4.69) is 21.2 Å². The lowest BCUT2D eigenvalue weighted by Crippen LogP contribution is -2.36. The Morgan fingerprint density at radius 1 is 1.18 bits per heavy atom. The molecule has 1 aliphatic heterocycles. The summed E-state index contributed by atoms with van der Waals surface area (Å²) in [7, 11) is 0. The molecular formula is C17H14BrNO3. The number of halogens is 1. The van der Waals surface area contributed by atoms with Crippen molar-refractivity contribution in [1.82, 2.24) is 0 Å². The van der Waals surface area contributed by atoms with Gasteiger partial charge in [0.15, 0.2) is 5.60 Å². The lowest BCUT2D eigenvalue weighted by atomic mass is 9.88. The predicted octanol–water partition coefficient (Wildman–Crippen LogP) is 2.79. The molecule has 1 heterocycles. The minimum atomic E-state index is -1.80. The summed E-state index contributed by atoms with van der Waals surface area (Å²) in [6, 6.07) is 14.4. The van der Waals surface area contributed by atoms with Gasteiger partial charge in [0, 0.05) is 28.6 Å². The number of ketones is 1. The third-order valence-corrected chi connectivity index (χ3v) is 4.24. The summed E-state index contributed by atoms with van der Waals surface area (Å²) in [5.74, 6) is -0.737. The molecule has 1 atom stereocenters. The number of aliphatic hydroxyl groups is 1. The van der Waals surface area contributed by atoms with Gasteiger partial charge in [-0.05, 0) is 23.8 Å². The van der Waals surface area contributed by atoms with Gasteiger partial charge in [0.05, 0.1) is 0 Å². The number of hydrogen-bond donors (Lipinski definition) is 2. The molecule has 0 aromatic heterocycles. The standard InChI is InChI=1S/C17H14BrNO3/c18-12-6-7-15-14(9-12)17(22,16(21)19-15)10-13(20)8-11-4-2-1-3-5-11/h1-7,9,22H,8,10H2,(H,19,21)/t17-/m1/s1. The number of carbonyl (C=O) groups excluding carboxylic acids is 2. The molecule has 0 saturated carbocycles. The van der Waals surface area contributed by atoms with Crippen molar-refractivity contribution in [2.24, 2.45) is 0 Å². The van der Waals surface area contributed by atoms with Crippen LogP contribution < -0.4 is 5.32 Å². The lowest BCUT2D eigenvalue weighted by molar-refractivity contribution is -0.139. The monoisotopic (exact) mass is 359 g/mol. The fraction of sp³-hybridized carbons (Fsp3) is 0.176. The first-order valence-electron chi connectivity index (χ1n) is 6.88. The van der Waals surface area contributed by atoms with Crippen LogP contribution in [0.1, 0.15) is 17.5 Å². The average molecular weight is 360 g/mol. The van der Waals surface area contributed by atoms with Crippen molar-refractivity contribution in [3.8, 4) is 0 Å². The Kier molecular flexibility index (Phi) is 3.85. The van der Waals surface area contributed by atoms with Gasteiger partial charge in [0.1, 0.15) is 5.78 Å². The van der Waals surface area contributed by atoms with Crippen LogP contribution >= 0.6 is 15.9 Å². The van der Waals surface area contributed by atoms with Crippen LogP contribution in [0.5, 0.6) is 0 Å². The second kappa shape index (κ2) is 5.66. The van der Waals surface area contributed by atoms with Crippen molar-refractivity contribution in [2.75, 3.05) is 5.32 Å². The third-order valence-electron chi connectivity index (χ3n) is 3.75. The Labute approximate surface area is 136 Å². The summed E-state index contributed by atoms with van der Waals surface area (Å²) in [5.41, 5.74) is 0.0470. The predicted molar refractivity (Wildman–Crippen MR) is 86.4 cm³/mol. The highest BCUT2D eigenvalue weighted by Crippen LogP contribution is 2.40. The highest BCUT2D eigenvalue weighted by Gasteiger charge is 2.46. The maximum absolute atomic E-state index is 12.3. The molecule has 1 amide bonds. The van der Waals surface area contributed by atoms with E-state index in [-0.39, 0.29) is 18.6 Å². The van der Waals surface area contributed by atoms with Gasteiger partial charge in [0.25, 0.3) is 5.91 Å². The van der Waals surface area contributed by atoms with Crippen LogP contribution in [-0.4, -0.2) is 16.8 Å². The number of amides is 1. The fourth-order valence-electron chi connectivity index (χ4n) is 2.66. The van der Waals surface area contributed by atoms with Crippen molar-refractivity contribution in [2.45, 2.75) is 18.4 Å². The number of hydrogen-bond acceptors (Lipinski definition) is 3. The smallest absolute Gasteiger partial charge is 0.261 e. The van der Waals surface area contributed by atoms with E-state index in [0.29, 0.717) is 11.3 Å². The second-order valence-electron chi connectivity index (χ2n) is 5.38. The topological polar surface area (TPSA) is 66.4 Å². The molecule has 0 unspecified atom stereocenters. The molecule has 0 fully saturated rings.